The minimum atomic E-state index is -0.0165. The molecule has 16 heavy (non-hydrogen) atoms. The summed E-state index contributed by atoms with van der Waals surface area (Å²) < 4.78 is 0. The number of nitrogens with two attached hydrogens (primary N) is 1. The highest BCUT2D eigenvalue weighted by molar-refractivity contribution is 5.85. The van der Waals surface area contributed by atoms with Crippen LogP contribution < -0.4 is 5.73 Å². The fourth-order valence-corrected chi connectivity index (χ4v) is 2.28. The molecule has 0 aromatic heterocycles. The molecule has 1 rings (SSSR count). The topological polar surface area (TPSA) is 46.3 Å². The van der Waals surface area contributed by atoms with Gasteiger partial charge in [-0.2, -0.15) is 0 Å². The average molecular weight is 249 g/mol. The van der Waals surface area contributed by atoms with Crippen molar-refractivity contribution in [1.29, 1.82) is 0 Å². The highest BCUT2D eigenvalue weighted by Gasteiger charge is 2.26. The minimum absolute atomic E-state index is 0. The summed E-state index contributed by atoms with van der Waals surface area (Å²) in [6, 6.07) is 0.453. The first-order chi connectivity index (χ1) is 7.20. The molecule has 0 aromatic rings. The highest BCUT2D eigenvalue weighted by atomic mass is 35.5. The Morgan fingerprint density at radius 3 is 2.69 bits per heavy atom. The molecular formula is C12H25ClN2O. The quantitative estimate of drug-likeness (QED) is 0.832. The number of likely N-dealkylation sites (tertiary alicyclic amines) is 1. The van der Waals surface area contributed by atoms with Crippen molar-refractivity contribution in [3.05, 3.63) is 0 Å². The summed E-state index contributed by atoms with van der Waals surface area (Å²) >= 11 is 0. The Kier molecular flexibility index (Phi) is 7.77. The Morgan fingerprint density at radius 2 is 2.12 bits per heavy atom. The van der Waals surface area contributed by atoms with Gasteiger partial charge in [0.15, 0.2) is 0 Å². The van der Waals surface area contributed by atoms with E-state index in [1.165, 1.54) is 19.3 Å². The number of hydrogen-bond acceptors (Lipinski definition) is 2. The van der Waals surface area contributed by atoms with Gasteiger partial charge in [-0.3, -0.25) is 4.79 Å². The van der Waals surface area contributed by atoms with E-state index in [-0.39, 0.29) is 24.2 Å². The maximum Gasteiger partial charge on any atom is 0.226 e. The van der Waals surface area contributed by atoms with Crippen molar-refractivity contribution in [2.75, 3.05) is 13.1 Å². The molecule has 1 aliphatic rings. The molecule has 0 aliphatic carbocycles. The Bertz CT molecular complexity index is 211. The third-order valence-corrected chi connectivity index (χ3v) is 3.41. The lowest BCUT2D eigenvalue weighted by molar-refractivity contribution is -0.137. The van der Waals surface area contributed by atoms with Gasteiger partial charge in [-0.25, -0.2) is 0 Å². The smallest absolute Gasteiger partial charge is 0.226 e. The molecule has 1 saturated heterocycles. The van der Waals surface area contributed by atoms with Crippen molar-refractivity contribution in [3.63, 3.8) is 0 Å². The highest BCUT2D eigenvalue weighted by Crippen LogP contribution is 2.20. The van der Waals surface area contributed by atoms with Crippen LogP contribution in [0.4, 0.5) is 0 Å². The predicted molar refractivity (Wildman–Crippen MR) is 69.7 cm³/mol. The molecule has 0 radical (unpaired) electrons. The monoisotopic (exact) mass is 248 g/mol. The van der Waals surface area contributed by atoms with Gasteiger partial charge >= 0.3 is 0 Å². The van der Waals surface area contributed by atoms with Crippen LogP contribution in [0.2, 0.25) is 0 Å². The Morgan fingerprint density at radius 1 is 1.44 bits per heavy atom. The van der Waals surface area contributed by atoms with Gasteiger partial charge in [-0.1, -0.05) is 26.7 Å². The lowest BCUT2D eigenvalue weighted by Crippen LogP contribution is -2.44. The van der Waals surface area contributed by atoms with Crippen LogP contribution >= 0.6 is 12.4 Å². The van der Waals surface area contributed by atoms with Gasteiger partial charge in [0.25, 0.3) is 0 Å². The molecule has 1 fully saturated rings. The van der Waals surface area contributed by atoms with E-state index in [4.69, 9.17) is 5.73 Å². The molecule has 0 saturated carbocycles. The van der Waals surface area contributed by atoms with Gasteiger partial charge in [0.1, 0.15) is 0 Å². The van der Waals surface area contributed by atoms with E-state index < -0.39 is 0 Å². The van der Waals surface area contributed by atoms with Crippen LogP contribution in [-0.2, 0) is 4.79 Å². The van der Waals surface area contributed by atoms with E-state index >= 15 is 0 Å². The summed E-state index contributed by atoms with van der Waals surface area (Å²) in [4.78, 5) is 14.2. The zero-order chi connectivity index (χ0) is 11.3. The fraction of sp³-hybridized carbons (Fsp3) is 0.917. The first kappa shape index (κ1) is 15.7. The number of carbonyl (C=O) groups is 1. The minimum Gasteiger partial charge on any atom is -0.339 e. The second-order valence-corrected chi connectivity index (χ2v) is 4.58. The van der Waals surface area contributed by atoms with Gasteiger partial charge in [0, 0.05) is 25.0 Å². The Balaban J connectivity index is 0.00000225. The average Bonchev–Trinajstić information content (AvgIpc) is 2.51. The first-order valence-corrected chi connectivity index (χ1v) is 6.21. The molecule has 1 aliphatic heterocycles. The molecule has 2 N–H and O–H groups in total. The van der Waals surface area contributed by atoms with Crippen molar-refractivity contribution in [2.45, 2.75) is 52.0 Å². The van der Waals surface area contributed by atoms with Crippen LogP contribution in [0.15, 0.2) is 0 Å². The number of nitrogens with zero attached hydrogens (tertiary/aromatic N) is 1. The zero-order valence-corrected chi connectivity index (χ0v) is 11.3. The summed E-state index contributed by atoms with van der Waals surface area (Å²) in [5, 5.41) is 0. The number of rotatable bonds is 3. The molecule has 0 aromatic carbocycles. The fourth-order valence-electron chi connectivity index (χ4n) is 2.28. The zero-order valence-electron chi connectivity index (χ0n) is 10.4. The van der Waals surface area contributed by atoms with Gasteiger partial charge < -0.3 is 10.6 Å². The van der Waals surface area contributed by atoms with E-state index in [0.717, 1.165) is 19.4 Å². The normalized spacial score (nSPS) is 23.2. The second-order valence-electron chi connectivity index (χ2n) is 4.58. The number of hydrogen-bond donors (Lipinski definition) is 1. The van der Waals surface area contributed by atoms with E-state index in [0.29, 0.717) is 12.6 Å². The second kappa shape index (κ2) is 7.91. The molecule has 1 heterocycles. The van der Waals surface area contributed by atoms with E-state index in [1.54, 1.807) is 0 Å². The summed E-state index contributed by atoms with van der Waals surface area (Å²) in [6.07, 6.45) is 5.92. The molecule has 2 unspecified atom stereocenters. The molecule has 0 bridgehead atoms. The Labute approximate surface area is 105 Å². The first-order valence-electron chi connectivity index (χ1n) is 6.21. The van der Waals surface area contributed by atoms with Gasteiger partial charge in [0.2, 0.25) is 5.91 Å². The lowest BCUT2D eigenvalue weighted by atomic mass is 10.1. The third-order valence-electron chi connectivity index (χ3n) is 3.41. The SMILES string of the molecule is CCC1CCCCCN1C(=O)C(C)CN.Cl. The molecule has 1 amide bonds. The third kappa shape index (κ3) is 3.95. The Hall–Kier alpha value is -0.280. The summed E-state index contributed by atoms with van der Waals surface area (Å²) in [5.74, 6) is 0.239. The van der Waals surface area contributed by atoms with Crippen molar-refractivity contribution in [2.24, 2.45) is 11.7 Å². The summed E-state index contributed by atoms with van der Waals surface area (Å²) in [5.41, 5.74) is 5.56. The van der Waals surface area contributed by atoms with Crippen molar-refractivity contribution < 1.29 is 4.79 Å². The molecule has 3 nitrogen and oxygen atoms in total. The standard InChI is InChI=1S/C12H24N2O.ClH/c1-3-11-7-5-4-6-8-14(11)12(15)10(2)9-13;/h10-11H,3-9,13H2,1-2H3;1H. The van der Waals surface area contributed by atoms with E-state index in [9.17, 15) is 4.79 Å². The van der Waals surface area contributed by atoms with Crippen LogP contribution in [0, 0.1) is 5.92 Å². The maximum absolute atomic E-state index is 12.1. The van der Waals surface area contributed by atoms with Crippen molar-refractivity contribution in [1.82, 2.24) is 4.90 Å². The van der Waals surface area contributed by atoms with E-state index in [2.05, 4.69) is 11.8 Å². The van der Waals surface area contributed by atoms with Crippen LogP contribution in [0.25, 0.3) is 0 Å². The summed E-state index contributed by atoms with van der Waals surface area (Å²) in [6.45, 7) is 5.50. The van der Waals surface area contributed by atoms with Crippen molar-refractivity contribution in [3.8, 4) is 0 Å². The van der Waals surface area contributed by atoms with Crippen molar-refractivity contribution >= 4 is 18.3 Å². The number of amides is 1. The molecule has 2 atom stereocenters. The molecular weight excluding hydrogens is 224 g/mol. The summed E-state index contributed by atoms with van der Waals surface area (Å²) in [7, 11) is 0. The molecule has 0 spiro atoms. The lowest BCUT2D eigenvalue weighted by Gasteiger charge is -2.31. The number of carbonyl (C=O) groups excluding carboxylic acids is 1. The van der Waals surface area contributed by atoms with Crippen LogP contribution in [0.5, 0.6) is 0 Å². The maximum atomic E-state index is 12.1. The molecule has 96 valence electrons. The largest absolute Gasteiger partial charge is 0.339 e. The number of halogens is 1. The van der Waals surface area contributed by atoms with Crippen LogP contribution in [0.3, 0.4) is 0 Å². The predicted octanol–water partition coefficient (Wildman–Crippen LogP) is 2.18. The van der Waals surface area contributed by atoms with Crippen LogP contribution in [0.1, 0.15) is 46.0 Å². The molecule has 4 heteroatoms. The van der Waals surface area contributed by atoms with Gasteiger partial charge in [-0.05, 0) is 19.3 Å². The van der Waals surface area contributed by atoms with Crippen LogP contribution in [-0.4, -0.2) is 29.9 Å². The van der Waals surface area contributed by atoms with E-state index in [1.807, 2.05) is 6.92 Å². The van der Waals surface area contributed by atoms with Gasteiger partial charge in [-0.15, -0.1) is 12.4 Å². The van der Waals surface area contributed by atoms with Gasteiger partial charge in [0.05, 0.1) is 0 Å².